The number of amides is 2. The maximum Gasteiger partial charge on any atom is 0.338 e. The zero-order valence-corrected chi connectivity index (χ0v) is 23.3. The van der Waals surface area contributed by atoms with Gasteiger partial charge >= 0.3 is 5.97 Å². The zero-order chi connectivity index (χ0) is 26.8. The second kappa shape index (κ2) is 14.3. The van der Waals surface area contributed by atoms with Gasteiger partial charge in [-0.3, -0.25) is 14.5 Å². The van der Waals surface area contributed by atoms with E-state index in [-0.39, 0.29) is 18.2 Å². The molecule has 196 valence electrons. The largest absolute Gasteiger partial charge is 0.461 e. The number of thiocarbonyl (C=S) groups is 1. The normalized spacial score (nSPS) is 14.5. The fraction of sp³-hybridized carbons (Fsp3) is 0.333. The number of esters is 1. The minimum atomic E-state index is -0.392. The Kier molecular flexibility index (Phi) is 11.1. The number of thioether (sulfide) groups is 1. The maximum absolute atomic E-state index is 12.8. The van der Waals surface area contributed by atoms with Crippen LogP contribution in [0.3, 0.4) is 0 Å². The Bertz CT molecular complexity index is 1170. The standard InChI is InChI=1S/C27H30ClN3O4S2/c1-3-30(4-2)16-17-35-26(34)19-11-13-21(14-12-19)29-24(32)10-7-15-31-25(33)23(37-27(31)36)18-20-8-5-6-9-22(20)28/h5-6,8-9,11-14,18H,3-4,7,10,15-17H2,1-2H3,(H,29,32). The van der Waals surface area contributed by atoms with Crippen molar-refractivity contribution < 1.29 is 19.1 Å². The molecule has 1 heterocycles. The molecule has 10 heteroatoms. The van der Waals surface area contributed by atoms with E-state index in [0.717, 1.165) is 18.7 Å². The lowest BCUT2D eigenvalue weighted by Crippen LogP contribution is -2.29. The summed E-state index contributed by atoms with van der Waals surface area (Å²) in [5, 5.41) is 3.37. The first-order valence-corrected chi connectivity index (χ1v) is 13.7. The lowest BCUT2D eigenvalue weighted by molar-refractivity contribution is -0.122. The van der Waals surface area contributed by atoms with Crippen molar-refractivity contribution in [2.24, 2.45) is 0 Å². The van der Waals surface area contributed by atoms with Crippen LogP contribution in [0.15, 0.2) is 53.4 Å². The number of benzene rings is 2. The van der Waals surface area contributed by atoms with Crippen LogP contribution < -0.4 is 5.32 Å². The van der Waals surface area contributed by atoms with Crippen LogP contribution in [0, 0.1) is 0 Å². The molecule has 1 saturated heterocycles. The molecular formula is C27H30ClN3O4S2. The van der Waals surface area contributed by atoms with Crippen LogP contribution in [0.1, 0.15) is 42.6 Å². The van der Waals surface area contributed by atoms with E-state index in [9.17, 15) is 14.4 Å². The van der Waals surface area contributed by atoms with E-state index in [1.807, 2.05) is 18.2 Å². The van der Waals surface area contributed by atoms with Gasteiger partial charge in [-0.05, 0) is 61.5 Å². The summed E-state index contributed by atoms with van der Waals surface area (Å²) in [6.45, 7) is 7.31. The van der Waals surface area contributed by atoms with Crippen LogP contribution in [-0.4, -0.2) is 64.7 Å². The first kappa shape index (κ1) is 28.8. The van der Waals surface area contributed by atoms with Gasteiger partial charge in [-0.15, -0.1) is 0 Å². The minimum absolute atomic E-state index is 0.185. The fourth-order valence-corrected chi connectivity index (χ4v) is 5.12. The molecule has 2 amide bonds. The van der Waals surface area contributed by atoms with Gasteiger partial charge in [0.15, 0.2) is 0 Å². The molecular weight excluding hydrogens is 530 g/mol. The first-order valence-electron chi connectivity index (χ1n) is 12.1. The van der Waals surface area contributed by atoms with Crippen molar-refractivity contribution in [3.63, 3.8) is 0 Å². The Morgan fingerprint density at radius 2 is 1.84 bits per heavy atom. The van der Waals surface area contributed by atoms with E-state index < -0.39 is 5.97 Å². The number of carbonyl (C=O) groups is 3. The second-order valence-electron chi connectivity index (χ2n) is 8.25. The third-order valence-electron chi connectivity index (χ3n) is 5.79. The molecule has 0 unspecified atom stereocenters. The number of nitrogens with one attached hydrogen (secondary N) is 1. The lowest BCUT2D eigenvalue weighted by atomic mass is 10.2. The van der Waals surface area contributed by atoms with Crippen molar-refractivity contribution in [1.29, 1.82) is 0 Å². The Morgan fingerprint density at radius 1 is 1.14 bits per heavy atom. The molecule has 3 rings (SSSR count). The van der Waals surface area contributed by atoms with Gasteiger partial charge in [0.2, 0.25) is 5.91 Å². The average molecular weight is 560 g/mol. The highest BCUT2D eigenvalue weighted by atomic mass is 35.5. The molecule has 1 aliphatic heterocycles. The predicted molar refractivity (Wildman–Crippen MR) is 154 cm³/mol. The molecule has 0 aromatic heterocycles. The number of hydrogen-bond donors (Lipinski definition) is 1. The minimum Gasteiger partial charge on any atom is -0.461 e. The molecule has 7 nitrogen and oxygen atoms in total. The van der Waals surface area contributed by atoms with Crippen molar-refractivity contribution >= 4 is 69.4 Å². The summed E-state index contributed by atoms with van der Waals surface area (Å²) in [6.07, 6.45) is 2.41. The third-order valence-corrected chi connectivity index (χ3v) is 7.51. The summed E-state index contributed by atoms with van der Waals surface area (Å²) in [7, 11) is 0. The molecule has 0 atom stereocenters. The number of halogens is 1. The molecule has 1 fully saturated rings. The summed E-state index contributed by atoms with van der Waals surface area (Å²) in [4.78, 5) is 41.6. The van der Waals surface area contributed by atoms with Gasteiger partial charge in [0.25, 0.3) is 5.91 Å². The van der Waals surface area contributed by atoms with Gasteiger partial charge in [0.05, 0.1) is 10.5 Å². The molecule has 1 aliphatic rings. The van der Waals surface area contributed by atoms with Gasteiger partial charge in [-0.25, -0.2) is 4.79 Å². The number of ether oxygens (including phenoxy) is 1. The van der Waals surface area contributed by atoms with Crippen molar-refractivity contribution in [1.82, 2.24) is 9.80 Å². The summed E-state index contributed by atoms with van der Waals surface area (Å²) in [6, 6.07) is 13.9. The fourth-order valence-electron chi connectivity index (χ4n) is 3.63. The average Bonchev–Trinajstić information content (AvgIpc) is 3.15. The van der Waals surface area contributed by atoms with Crippen LogP contribution in [0.4, 0.5) is 5.69 Å². The van der Waals surface area contributed by atoms with Gasteiger partial charge < -0.3 is 15.0 Å². The van der Waals surface area contributed by atoms with Crippen LogP contribution in [-0.2, 0) is 14.3 Å². The van der Waals surface area contributed by atoms with E-state index in [0.29, 0.717) is 51.6 Å². The van der Waals surface area contributed by atoms with Crippen LogP contribution in [0.5, 0.6) is 0 Å². The van der Waals surface area contributed by atoms with E-state index in [4.69, 9.17) is 28.6 Å². The highest BCUT2D eigenvalue weighted by Crippen LogP contribution is 2.33. The number of likely N-dealkylation sites (N-methyl/N-ethyl adjacent to an activating group) is 1. The SMILES string of the molecule is CCN(CC)CCOC(=O)c1ccc(NC(=O)CCCN2C(=O)C(=Cc3ccccc3Cl)SC2=S)cc1. The Labute approximate surface area is 232 Å². The van der Waals surface area contributed by atoms with Crippen LogP contribution in [0.2, 0.25) is 5.02 Å². The monoisotopic (exact) mass is 559 g/mol. The quantitative estimate of drug-likeness (QED) is 0.210. The summed E-state index contributed by atoms with van der Waals surface area (Å²) in [5.74, 6) is -0.765. The maximum atomic E-state index is 12.8. The number of carbonyl (C=O) groups excluding carboxylic acids is 3. The van der Waals surface area contributed by atoms with Gasteiger partial charge in [-0.1, -0.05) is 67.6 Å². The Hall–Kier alpha value is -2.72. The van der Waals surface area contributed by atoms with Crippen molar-refractivity contribution in [3.05, 3.63) is 69.6 Å². The predicted octanol–water partition coefficient (Wildman–Crippen LogP) is 5.46. The van der Waals surface area contributed by atoms with E-state index >= 15 is 0 Å². The molecule has 37 heavy (non-hydrogen) atoms. The van der Waals surface area contributed by atoms with Gasteiger partial charge in [0, 0.05) is 30.2 Å². The Balaban J connectivity index is 1.43. The molecule has 2 aromatic carbocycles. The summed E-state index contributed by atoms with van der Waals surface area (Å²) >= 11 is 12.8. The summed E-state index contributed by atoms with van der Waals surface area (Å²) < 4.78 is 5.79. The highest BCUT2D eigenvalue weighted by molar-refractivity contribution is 8.26. The lowest BCUT2D eigenvalue weighted by Gasteiger charge is -2.17. The van der Waals surface area contributed by atoms with Crippen LogP contribution >= 0.6 is 35.6 Å². The van der Waals surface area contributed by atoms with Gasteiger partial charge in [0.1, 0.15) is 10.9 Å². The van der Waals surface area contributed by atoms with Crippen molar-refractivity contribution in [2.45, 2.75) is 26.7 Å². The molecule has 0 saturated carbocycles. The second-order valence-corrected chi connectivity index (χ2v) is 10.3. The third kappa shape index (κ3) is 8.39. The molecule has 1 N–H and O–H groups in total. The molecule has 0 spiro atoms. The molecule has 0 aliphatic carbocycles. The van der Waals surface area contributed by atoms with Crippen molar-refractivity contribution in [2.75, 3.05) is 38.1 Å². The highest BCUT2D eigenvalue weighted by Gasteiger charge is 2.31. The number of anilines is 1. The first-order chi connectivity index (χ1) is 17.8. The number of nitrogens with zero attached hydrogens (tertiary/aromatic N) is 2. The zero-order valence-electron chi connectivity index (χ0n) is 20.9. The van der Waals surface area contributed by atoms with Crippen molar-refractivity contribution in [3.8, 4) is 0 Å². The van der Waals surface area contributed by atoms with E-state index in [1.54, 1.807) is 36.4 Å². The number of hydrogen-bond acceptors (Lipinski definition) is 7. The smallest absolute Gasteiger partial charge is 0.338 e. The molecule has 0 radical (unpaired) electrons. The molecule has 0 bridgehead atoms. The molecule has 2 aromatic rings. The van der Waals surface area contributed by atoms with Gasteiger partial charge in [-0.2, -0.15) is 0 Å². The van der Waals surface area contributed by atoms with E-state index in [2.05, 4.69) is 24.1 Å². The van der Waals surface area contributed by atoms with Crippen LogP contribution in [0.25, 0.3) is 6.08 Å². The number of rotatable bonds is 12. The summed E-state index contributed by atoms with van der Waals surface area (Å²) in [5.41, 5.74) is 1.76. The topological polar surface area (TPSA) is 79.0 Å². The Morgan fingerprint density at radius 3 is 2.51 bits per heavy atom. The van der Waals surface area contributed by atoms with E-state index in [1.165, 1.54) is 16.7 Å².